The van der Waals surface area contributed by atoms with Gasteiger partial charge in [0.15, 0.2) is 0 Å². The lowest BCUT2D eigenvalue weighted by atomic mass is 10.1. The molecule has 1 N–H and O–H groups in total. The second-order valence-corrected chi connectivity index (χ2v) is 6.25. The molecule has 1 atom stereocenters. The first-order valence-corrected chi connectivity index (χ1v) is 7.75. The van der Waals surface area contributed by atoms with Crippen LogP contribution in [0.25, 0.3) is 11.0 Å². The standard InChI is InChI=1S/C16H10BrF2N3O/c17-10-3-1-8(5-11(10)19)6-13-15-20-12-7-9(18)2-4-14(12)22(15)16(23)21-13/h1-5,7,13H,6H2,(H,21,23). The van der Waals surface area contributed by atoms with E-state index in [9.17, 15) is 13.6 Å². The van der Waals surface area contributed by atoms with E-state index in [4.69, 9.17) is 0 Å². The minimum atomic E-state index is -0.402. The molecule has 4 nitrogen and oxygen atoms in total. The van der Waals surface area contributed by atoms with Gasteiger partial charge in [-0.3, -0.25) is 0 Å². The summed E-state index contributed by atoms with van der Waals surface area (Å²) in [6.07, 6.45) is 0.405. The summed E-state index contributed by atoms with van der Waals surface area (Å²) in [6.45, 7) is 0. The molecule has 0 aliphatic carbocycles. The monoisotopic (exact) mass is 377 g/mol. The molecule has 116 valence electrons. The molecule has 1 aliphatic heterocycles. The number of carbonyl (C=O) groups is 1. The predicted octanol–water partition coefficient (Wildman–Crippen LogP) is 3.93. The lowest BCUT2D eigenvalue weighted by Gasteiger charge is -2.09. The first-order chi connectivity index (χ1) is 11.0. The van der Waals surface area contributed by atoms with Crippen molar-refractivity contribution >= 4 is 33.0 Å². The number of hydrogen-bond donors (Lipinski definition) is 1. The Kier molecular flexibility index (Phi) is 3.19. The normalized spacial score (nSPS) is 16.7. The summed E-state index contributed by atoms with van der Waals surface area (Å²) in [4.78, 5) is 16.5. The predicted molar refractivity (Wildman–Crippen MR) is 84.2 cm³/mol. The van der Waals surface area contributed by atoms with Crippen LogP contribution in [0.4, 0.5) is 13.6 Å². The SMILES string of the molecule is O=C1NC(Cc2ccc(Br)c(F)c2)c2nc3cc(F)ccc3n21. The fourth-order valence-electron chi connectivity index (χ4n) is 2.84. The third kappa shape index (κ3) is 2.31. The zero-order valence-corrected chi connectivity index (χ0v) is 13.3. The first-order valence-electron chi connectivity index (χ1n) is 6.95. The highest BCUT2D eigenvalue weighted by Gasteiger charge is 2.32. The van der Waals surface area contributed by atoms with Gasteiger partial charge in [0, 0.05) is 12.5 Å². The molecule has 3 aromatic rings. The summed E-state index contributed by atoms with van der Waals surface area (Å²) in [5, 5.41) is 2.82. The topological polar surface area (TPSA) is 46.9 Å². The molecule has 0 saturated heterocycles. The largest absolute Gasteiger partial charge is 0.328 e. The first kappa shape index (κ1) is 14.3. The lowest BCUT2D eigenvalue weighted by Crippen LogP contribution is -2.22. The maximum Gasteiger partial charge on any atom is 0.328 e. The Hall–Kier alpha value is -2.28. The molecular weight excluding hydrogens is 368 g/mol. The number of fused-ring (bicyclic) bond motifs is 3. The Labute approximate surface area is 138 Å². The van der Waals surface area contributed by atoms with Crippen LogP contribution < -0.4 is 5.32 Å². The van der Waals surface area contributed by atoms with E-state index in [1.165, 1.54) is 28.8 Å². The number of carbonyl (C=O) groups excluding carboxylic acids is 1. The van der Waals surface area contributed by atoms with Gasteiger partial charge >= 0.3 is 6.03 Å². The molecular formula is C16H10BrF2N3O. The molecule has 0 bridgehead atoms. The molecule has 0 saturated carbocycles. The summed E-state index contributed by atoms with van der Waals surface area (Å²) in [5.41, 5.74) is 1.73. The molecule has 1 aromatic heterocycles. The smallest absolute Gasteiger partial charge is 0.327 e. The minimum Gasteiger partial charge on any atom is -0.327 e. The van der Waals surface area contributed by atoms with Gasteiger partial charge in [-0.2, -0.15) is 0 Å². The Morgan fingerprint density at radius 3 is 2.83 bits per heavy atom. The van der Waals surface area contributed by atoms with Crippen molar-refractivity contribution in [2.75, 3.05) is 0 Å². The second kappa shape index (κ2) is 5.13. The quantitative estimate of drug-likeness (QED) is 0.735. The number of imidazole rings is 1. The number of benzene rings is 2. The van der Waals surface area contributed by atoms with E-state index >= 15 is 0 Å². The van der Waals surface area contributed by atoms with E-state index in [2.05, 4.69) is 26.2 Å². The summed E-state index contributed by atoms with van der Waals surface area (Å²) in [6, 6.07) is 8.26. The van der Waals surface area contributed by atoms with Crippen LogP contribution in [-0.2, 0) is 6.42 Å². The molecule has 0 fully saturated rings. The number of nitrogens with one attached hydrogen (secondary N) is 1. The maximum atomic E-state index is 13.6. The molecule has 1 unspecified atom stereocenters. The number of amides is 1. The van der Waals surface area contributed by atoms with E-state index in [1.807, 2.05) is 0 Å². The van der Waals surface area contributed by atoms with Crippen LogP contribution in [0.3, 0.4) is 0 Å². The van der Waals surface area contributed by atoms with Crippen molar-refractivity contribution in [2.24, 2.45) is 0 Å². The minimum absolute atomic E-state index is 0.309. The van der Waals surface area contributed by atoms with Crippen molar-refractivity contribution in [3.63, 3.8) is 0 Å². The number of rotatable bonds is 2. The van der Waals surface area contributed by atoms with Crippen LogP contribution in [0.1, 0.15) is 17.4 Å². The fourth-order valence-corrected chi connectivity index (χ4v) is 3.09. The lowest BCUT2D eigenvalue weighted by molar-refractivity contribution is 0.245. The molecule has 1 aliphatic rings. The van der Waals surface area contributed by atoms with Crippen LogP contribution in [0, 0.1) is 11.6 Å². The van der Waals surface area contributed by atoms with Gasteiger partial charge in [0.05, 0.1) is 21.5 Å². The van der Waals surface area contributed by atoms with Crippen LogP contribution in [-0.4, -0.2) is 15.6 Å². The van der Waals surface area contributed by atoms with Crippen LogP contribution >= 0.6 is 15.9 Å². The molecule has 4 rings (SSSR count). The second-order valence-electron chi connectivity index (χ2n) is 5.39. The number of nitrogens with zero attached hydrogens (tertiary/aromatic N) is 2. The Balaban J connectivity index is 1.74. The van der Waals surface area contributed by atoms with Crippen molar-refractivity contribution in [3.8, 4) is 0 Å². The van der Waals surface area contributed by atoms with Gasteiger partial charge < -0.3 is 5.32 Å². The van der Waals surface area contributed by atoms with Gasteiger partial charge in [0.1, 0.15) is 17.5 Å². The van der Waals surface area contributed by atoms with E-state index in [0.717, 1.165) is 5.56 Å². The van der Waals surface area contributed by atoms with E-state index in [-0.39, 0.29) is 17.9 Å². The van der Waals surface area contributed by atoms with Crippen LogP contribution in [0.15, 0.2) is 40.9 Å². The highest BCUT2D eigenvalue weighted by atomic mass is 79.9. The summed E-state index contributed by atoms with van der Waals surface area (Å²) >= 11 is 3.11. The summed E-state index contributed by atoms with van der Waals surface area (Å²) in [7, 11) is 0. The average Bonchev–Trinajstić information content (AvgIpc) is 3.01. The van der Waals surface area contributed by atoms with Crippen molar-refractivity contribution in [2.45, 2.75) is 12.5 Å². The van der Waals surface area contributed by atoms with Gasteiger partial charge in [0.25, 0.3) is 0 Å². The highest BCUT2D eigenvalue weighted by Crippen LogP contribution is 2.29. The van der Waals surface area contributed by atoms with Gasteiger partial charge in [-0.05, 0) is 45.8 Å². The highest BCUT2D eigenvalue weighted by molar-refractivity contribution is 9.10. The van der Waals surface area contributed by atoms with E-state index in [1.54, 1.807) is 12.1 Å². The molecule has 2 heterocycles. The van der Waals surface area contributed by atoms with Gasteiger partial charge in [-0.1, -0.05) is 6.07 Å². The zero-order chi connectivity index (χ0) is 16.1. The molecule has 23 heavy (non-hydrogen) atoms. The molecule has 2 aromatic carbocycles. The maximum absolute atomic E-state index is 13.6. The Morgan fingerprint density at radius 2 is 2.04 bits per heavy atom. The van der Waals surface area contributed by atoms with Crippen LogP contribution in [0.2, 0.25) is 0 Å². The number of aromatic nitrogens is 2. The van der Waals surface area contributed by atoms with Crippen LogP contribution in [0.5, 0.6) is 0 Å². The summed E-state index contributed by atoms with van der Waals surface area (Å²) < 4.78 is 28.8. The number of halogens is 3. The van der Waals surface area contributed by atoms with E-state index in [0.29, 0.717) is 27.8 Å². The van der Waals surface area contributed by atoms with E-state index < -0.39 is 5.82 Å². The third-order valence-electron chi connectivity index (χ3n) is 3.88. The van der Waals surface area contributed by atoms with Gasteiger partial charge in [-0.25, -0.2) is 23.1 Å². The summed E-state index contributed by atoms with van der Waals surface area (Å²) in [5.74, 6) is -0.248. The zero-order valence-electron chi connectivity index (χ0n) is 11.7. The molecule has 0 radical (unpaired) electrons. The Morgan fingerprint density at radius 1 is 1.22 bits per heavy atom. The molecule has 0 spiro atoms. The van der Waals surface area contributed by atoms with Crippen molar-refractivity contribution < 1.29 is 13.6 Å². The van der Waals surface area contributed by atoms with Crippen molar-refractivity contribution in [1.82, 2.24) is 14.9 Å². The average molecular weight is 378 g/mol. The van der Waals surface area contributed by atoms with Gasteiger partial charge in [-0.15, -0.1) is 0 Å². The van der Waals surface area contributed by atoms with Gasteiger partial charge in [0.2, 0.25) is 0 Å². The molecule has 7 heteroatoms. The number of hydrogen-bond acceptors (Lipinski definition) is 2. The molecule has 1 amide bonds. The van der Waals surface area contributed by atoms with Crippen molar-refractivity contribution in [3.05, 3.63) is 63.9 Å². The fraction of sp³-hybridized carbons (Fsp3) is 0.125. The van der Waals surface area contributed by atoms with Crippen molar-refractivity contribution in [1.29, 1.82) is 0 Å². The third-order valence-corrected chi connectivity index (χ3v) is 4.52. The Bertz CT molecular complexity index is 954.